The van der Waals surface area contributed by atoms with Crippen molar-refractivity contribution in [1.29, 1.82) is 0 Å². The highest BCUT2D eigenvalue weighted by Crippen LogP contribution is 2.12. The van der Waals surface area contributed by atoms with Crippen LogP contribution in [0.2, 0.25) is 0 Å². The van der Waals surface area contributed by atoms with Gasteiger partial charge in [-0.05, 0) is 19.4 Å². The van der Waals surface area contributed by atoms with Crippen LogP contribution in [0.5, 0.6) is 0 Å². The summed E-state index contributed by atoms with van der Waals surface area (Å²) in [6.07, 6.45) is 6.99. The van der Waals surface area contributed by atoms with Crippen molar-refractivity contribution in [3.63, 3.8) is 0 Å². The van der Waals surface area contributed by atoms with Crippen molar-refractivity contribution in [3.8, 4) is 0 Å². The zero-order valence-corrected chi connectivity index (χ0v) is 9.99. The molecule has 0 aliphatic rings. The molecular formula is C11H20N2S. The maximum Gasteiger partial charge on any atom is 0.107 e. The van der Waals surface area contributed by atoms with Crippen molar-refractivity contribution in [2.45, 2.75) is 46.1 Å². The molecule has 0 aliphatic heterocycles. The number of hydrogen-bond acceptors (Lipinski definition) is 3. The number of nitrogens with one attached hydrogen (secondary N) is 1. The molecule has 80 valence electrons. The molecular weight excluding hydrogens is 192 g/mol. The van der Waals surface area contributed by atoms with Crippen LogP contribution in [0.4, 0.5) is 0 Å². The fraction of sp³-hybridized carbons (Fsp3) is 0.727. The first-order chi connectivity index (χ1) is 6.86. The molecule has 0 saturated carbocycles. The number of thiazole rings is 1. The Bertz CT molecular complexity index is 245. The Kier molecular flexibility index (Phi) is 5.80. The summed E-state index contributed by atoms with van der Waals surface area (Å²) in [6.45, 7) is 6.46. The number of aromatic nitrogens is 1. The molecule has 14 heavy (non-hydrogen) atoms. The van der Waals surface area contributed by atoms with Crippen LogP contribution >= 0.6 is 11.3 Å². The Hall–Kier alpha value is -0.410. The first-order valence-corrected chi connectivity index (χ1v) is 6.32. The second-order valence-corrected chi connectivity index (χ2v) is 4.66. The van der Waals surface area contributed by atoms with Crippen LogP contribution in [0, 0.1) is 0 Å². The van der Waals surface area contributed by atoms with Gasteiger partial charge in [0.15, 0.2) is 0 Å². The fourth-order valence-electron chi connectivity index (χ4n) is 1.29. The van der Waals surface area contributed by atoms with E-state index >= 15 is 0 Å². The van der Waals surface area contributed by atoms with E-state index in [0.29, 0.717) is 0 Å². The molecule has 0 spiro atoms. The SMILES string of the molecule is CCCCCNCc1ncc(CC)s1. The summed E-state index contributed by atoms with van der Waals surface area (Å²) >= 11 is 1.82. The van der Waals surface area contributed by atoms with E-state index < -0.39 is 0 Å². The second kappa shape index (κ2) is 6.96. The van der Waals surface area contributed by atoms with Crippen molar-refractivity contribution in [3.05, 3.63) is 16.1 Å². The molecule has 0 unspecified atom stereocenters. The van der Waals surface area contributed by atoms with Gasteiger partial charge in [-0.1, -0.05) is 26.7 Å². The highest BCUT2D eigenvalue weighted by molar-refractivity contribution is 7.11. The van der Waals surface area contributed by atoms with Gasteiger partial charge in [-0.3, -0.25) is 0 Å². The summed E-state index contributed by atoms with van der Waals surface area (Å²) in [5.74, 6) is 0. The van der Waals surface area contributed by atoms with Gasteiger partial charge in [0, 0.05) is 17.6 Å². The number of rotatable bonds is 7. The molecule has 0 bridgehead atoms. The maximum atomic E-state index is 4.36. The minimum Gasteiger partial charge on any atom is -0.310 e. The Labute approximate surface area is 90.8 Å². The molecule has 1 aromatic rings. The van der Waals surface area contributed by atoms with Crippen molar-refractivity contribution in [2.75, 3.05) is 6.54 Å². The van der Waals surface area contributed by atoms with E-state index in [9.17, 15) is 0 Å². The summed E-state index contributed by atoms with van der Waals surface area (Å²) in [4.78, 5) is 5.75. The molecule has 1 rings (SSSR count). The van der Waals surface area contributed by atoms with Crippen molar-refractivity contribution < 1.29 is 0 Å². The minimum atomic E-state index is 0.939. The molecule has 0 saturated heterocycles. The standard InChI is InChI=1S/C11H20N2S/c1-3-5-6-7-12-9-11-13-8-10(4-2)14-11/h8,12H,3-7,9H2,1-2H3. The lowest BCUT2D eigenvalue weighted by molar-refractivity contribution is 0.615. The van der Waals surface area contributed by atoms with Gasteiger partial charge in [-0.2, -0.15) is 0 Å². The van der Waals surface area contributed by atoms with Gasteiger partial charge < -0.3 is 5.32 Å². The third-order valence-electron chi connectivity index (χ3n) is 2.18. The van der Waals surface area contributed by atoms with Gasteiger partial charge >= 0.3 is 0 Å². The van der Waals surface area contributed by atoms with E-state index in [2.05, 4.69) is 24.1 Å². The Morgan fingerprint density at radius 3 is 2.86 bits per heavy atom. The molecule has 0 radical (unpaired) electrons. The Morgan fingerprint density at radius 1 is 1.36 bits per heavy atom. The molecule has 0 aliphatic carbocycles. The maximum absolute atomic E-state index is 4.36. The number of aryl methyl sites for hydroxylation is 1. The summed E-state index contributed by atoms with van der Waals surface area (Å²) in [5.41, 5.74) is 0. The molecule has 0 amide bonds. The quantitative estimate of drug-likeness (QED) is 0.703. The lowest BCUT2D eigenvalue weighted by atomic mass is 10.2. The topological polar surface area (TPSA) is 24.9 Å². The van der Waals surface area contributed by atoms with Crippen LogP contribution in [0.3, 0.4) is 0 Å². The predicted octanol–water partition coefficient (Wildman–Crippen LogP) is 2.99. The van der Waals surface area contributed by atoms with Gasteiger partial charge in [0.25, 0.3) is 0 Å². The van der Waals surface area contributed by atoms with Crippen molar-refractivity contribution in [1.82, 2.24) is 10.3 Å². The van der Waals surface area contributed by atoms with E-state index in [4.69, 9.17) is 0 Å². The van der Waals surface area contributed by atoms with Gasteiger partial charge in [-0.15, -0.1) is 11.3 Å². The van der Waals surface area contributed by atoms with Crippen LogP contribution in [-0.4, -0.2) is 11.5 Å². The average molecular weight is 212 g/mol. The second-order valence-electron chi connectivity index (χ2n) is 3.46. The van der Waals surface area contributed by atoms with E-state index in [-0.39, 0.29) is 0 Å². The molecule has 3 heteroatoms. The summed E-state index contributed by atoms with van der Waals surface area (Å²) in [6, 6.07) is 0. The Balaban J connectivity index is 2.12. The zero-order chi connectivity index (χ0) is 10.2. The monoisotopic (exact) mass is 212 g/mol. The number of unbranched alkanes of at least 4 members (excludes halogenated alkanes) is 2. The predicted molar refractivity (Wildman–Crippen MR) is 62.7 cm³/mol. The molecule has 2 nitrogen and oxygen atoms in total. The van der Waals surface area contributed by atoms with Crippen LogP contribution in [0.1, 0.15) is 43.0 Å². The molecule has 0 fully saturated rings. The molecule has 1 heterocycles. The zero-order valence-electron chi connectivity index (χ0n) is 9.18. The number of nitrogens with zero attached hydrogens (tertiary/aromatic N) is 1. The largest absolute Gasteiger partial charge is 0.310 e. The van der Waals surface area contributed by atoms with Gasteiger partial charge in [0.1, 0.15) is 5.01 Å². The van der Waals surface area contributed by atoms with Crippen molar-refractivity contribution >= 4 is 11.3 Å². The average Bonchev–Trinajstić information content (AvgIpc) is 2.65. The van der Waals surface area contributed by atoms with Crippen LogP contribution in [0.25, 0.3) is 0 Å². The Morgan fingerprint density at radius 2 is 2.21 bits per heavy atom. The molecule has 0 aromatic carbocycles. The van der Waals surface area contributed by atoms with E-state index in [1.165, 1.54) is 29.1 Å². The lowest BCUT2D eigenvalue weighted by Crippen LogP contribution is -2.14. The van der Waals surface area contributed by atoms with Crippen LogP contribution < -0.4 is 5.32 Å². The van der Waals surface area contributed by atoms with Gasteiger partial charge in [-0.25, -0.2) is 4.98 Å². The van der Waals surface area contributed by atoms with E-state index in [1.807, 2.05) is 17.5 Å². The third kappa shape index (κ3) is 4.20. The van der Waals surface area contributed by atoms with Gasteiger partial charge in [0.2, 0.25) is 0 Å². The van der Waals surface area contributed by atoms with Crippen LogP contribution in [-0.2, 0) is 13.0 Å². The first kappa shape index (κ1) is 11.7. The molecule has 1 N–H and O–H groups in total. The summed E-state index contributed by atoms with van der Waals surface area (Å²) in [7, 11) is 0. The minimum absolute atomic E-state index is 0.939. The normalized spacial score (nSPS) is 10.7. The smallest absolute Gasteiger partial charge is 0.107 e. The fourth-order valence-corrected chi connectivity index (χ4v) is 2.12. The van der Waals surface area contributed by atoms with Crippen LogP contribution in [0.15, 0.2) is 6.20 Å². The highest BCUT2D eigenvalue weighted by atomic mass is 32.1. The van der Waals surface area contributed by atoms with Gasteiger partial charge in [0.05, 0.1) is 0 Å². The third-order valence-corrected chi connectivity index (χ3v) is 3.32. The molecule has 1 aromatic heterocycles. The first-order valence-electron chi connectivity index (χ1n) is 5.51. The highest BCUT2D eigenvalue weighted by Gasteiger charge is 1.98. The lowest BCUT2D eigenvalue weighted by Gasteiger charge is -2.00. The summed E-state index contributed by atoms with van der Waals surface area (Å²) < 4.78 is 0. The summed E-state index contributed by atoms with van der Waals surface area (Å²) in [5, 5.41) is 4.64. The molecule has 0 atom stereocenters. The number of hydrogen-bond donors (Lipinski definition) is 1. The van der Waals surface area contributed by atoms with E-state index in [1.54, 1.807) is 0 Å². The van der Waals surface area contributed by atoms with Crippen molar-refractivity contribution in [2.24, 2.45) is 0 Å². The van der Waals surface area contributed by atoms with E-state index in [0.717, 1.165) is 19.5 Å².